The second-order valence-corrected chi connectivity index (χ2v) is 8.03. The Bertz CT molecular complexity index is 1050. The van der Waals surface area contributed by atoms with E-state index in [-0.39, 0.29) is 28.3 Å². The number of hydrogen-bond acceptors (Lipinski definition) is 5. The van der Waals surface area contributed by atoms with Crippen molar-refractivity contribution >= 4 is 39.2 Å². The molecule has 140 valence electrons. The fourth-order valence-electron chi connectivity index (χ4n) is 2.79. The Balaban J connectivity index is 1.88. The lowest BCUT2D eigenvalue weighted by Crippen LogP contribution is -2.30. The number of nitrogens with one attached hydrogen (secondary N) is 1. The standard InChI is InChI=1S/C18H16N2O6S/c1-11-10-27(25,26)20(17(11)22)15-7-3-4-12(9-15)16(21)19-14-6-2-5-13(8-14)18(23)24/h2-9,11H,10H2,1H3,(H,19,21)(H,23,24)/t11-/m0/s1. The molecule has 8 nitrogen and oxygen atoms in total. The van der Waals surface area contributed by atoms with Gasteiger partial charge >= 0.3 is 5.97 Å². The molecule has 2 N–H and O–H groups in total. The molecule has 0 saturated carbocycles. The minimum atomic E-state index is -3.77. The molecular formula is C18H16N2O6S. The van der Waals surface area contributed by atoms with Crippen molar-refractivity contribution in [2.45, 2.75) is 6.92 Å². The summed E-state index contributed by atoms with van der Waals surface area (Å²) < 4.78 is 25.1. The number of aromatic carboxylic acids is 1. The van der Waals surface area contributed by atoms with Crippen molar-refractivity contribution in [2.24, 2.45) is 5.92 Å². The summed E-state index contributed by atoms with van der Waals surface area (Å²) in [5, 5.41) is 11.6. The topological polar surface area (TPSA) is 121 Å². The van der Waals surface area contributed by atoms with E-state index < -0.39 is 33.7 Å². The van der Waals surface area contributed by atoms with Gasteiger partial charge in [0, 0.05) is 11.3 Å². The van der Waals surface area contributed by atoms with E-state index in [1.54, 1.807) is 0 Å². The van der Waals surface area contributed by atoms with E-state index in [9.17, 15) is 22.8 Å². The van der Waals surface area contributed by atoms with Gasteiger partial charge in [0.05, 0.1) is 22.9 Å². The molecular weight excluding hydrogens is 372 g/mol. The van der Waals surface area contributed by atoms with Crippen LogP contribution in [0.4, 0.5) is 11.4 Å². The second kappa shape index (κ2) is 6.84. The average Bonchev–Trinajstić information content (AvgIpc) is 2.82. The van der Waals surface area contributed by atoms with E-state index in [0.29, 0.717) is 0 Å². The number of benzene rings is 2. The molecule has 1 atom stereocenters. The van der Waals surface area contributed by atoms with Crippen LogP contribution < -0.4 is 9.62 Å². The summed E-state index contributed by atoms with van der Waals surface area (Å²) in [6, 6.07) is 11.4. The SMILES string of the molecule is C[C@H]1CS(=O)(=O)N(c2cccc(C(=O)Nc3cccc(C(=O)O)c3)c2)C1=O. The molecule has 1 fully saturated rings. The van der Waals surface area contributed by atoms with Gasteiger partial charge in [0.15, 0.2) is 0 Å². The number of carbonyl (C=O) groups is 3. The summed E-state index contributed by atoms with van der Waals surface area (Å²) in [7, 11) is -3.77. The number of amides is 2. The third kappa shape index (κ3) is 3.68. The molecule has 0 unspecified atom stereocenters. The number of nitrogens with zero attached hydrogens (tertiary/aromatic N) is 1. The van der Waals surface area contributed by atoms with E-state index in [2.05, 4.69) is 5.32 Å². The first kappa shape index (κ1) is 18.6. The Morgan fingerprint density at radius 1 is 1.11 bits per heavy atom. The van der Waals surface area contributed by atoms with Crippen molar-refractivity contribution < 1.29 is 27.9 Å². The monoisotopic (exact) mass is 388 g/mol. The van der Waals surface area contributed by atoms with Gasteiger partial charge in [-0.05, 0) is 36.4 Å². The molecule has 0 aromatic heterocycles. The zero-order valence-corrected chi connectivity index (χ0v) is 15.1. The van der Waals surface area contributed by atoms with Crippen LogP contribution in [0.5, 0.6) is 0 Å². The van der Waals surface area contributed by atoms with Crippen LogP contribution in [0.1, 0.15) is 27.6 Å². The molecule has 2 aromatic carbocycles. The number of hydrogen-bond donors (Lipinski definition) is 2. The molecule has 2 amide bonds. The van der Waals surface area contributed by atoms with Gasteiger partial charge in [0.25, 0.3) is 5.91 Å². The Morgan fingerprint density at radius 2 is 1.78 bits per heavy atom. The van der Waals surface area contributed by atoms with Crippen LogP contribution in [-0.2, 0) is 14.8 Å². The Labute approximate surface area is 155 Å². The minimum absolute atomic E-state index is 0.0179. The van der Waals surface area contributed by atoms with E-state index >= 15 is 0 Å². The number of carboxylic acid groups (broad SMARTS) is 1. The van der Waals surface area contributed by atoms with Crippen LogP contribution >= 0.6 is 0 Å². The van der Waals surface area contributed by atoms with Gasteiger partial charge in [-0.3, -0.25) is 9.59 Å². The predicted molar refractivity (Wildman–Crippen MR) is 98.2 cm³/mol. The molecule has 3 rings (SSSR count). The zero-order chi connectivity index (χ0) is 19.8. The van der Waals surface area contributed by atoms with Crippen LogP contribution in [0.2, 0.25) is 0 Å². The van der Waals surface area contributed by atoms with Crippen LogP contribution in [0, 0.1) is 5.92 Å². The van der Waals surface area contributed by atoms with Crippen LogP contribution in [0.15, 0.2) is 48.5 Å². The van der Waals surface area contributed by atoms with Crippen molar-refractivity contribution in [3.8, 4) is 0 Å². The van der Waals surface area contributed by atoms with E-state index in [4.69, 9.17) is 5.11 Å². The lowest BCUT2D eigenvalue weighted by Gasteiger charge is -2.16. The van der Waals surface area contributed by atoms with Gasteiger partial charge in [-0.25, -0.2) is 17.5 Å². The maximum absolute atomic E-state index is 12.5. The number of sulfonamides is 1. The van der Waals surface area contributed by atoms with Crippen molar-refractivity contribution in [3.63, 3.8) is 0 Å². The van der Waals surface area contributed by atoms with Gasteiger partial charge in [-0.2, -0.15) is 0 Å². The van der Waals surface area contributed by atoms with Crippen molar-refractivity contribution in [3.05, 3.63) is 59.7 Å². The number of anilines is 2. The van der Waals surface area contributed by atoms with Gasteiger partial charge in [-0.1, -0.05) is 19.1 Å². The van der Waals surface area contributed by atoms with Gasteiger partial charge in [-0.15, -0.1) is 0 Å². The second-order valence-electron chi connectivity index (χ2n) is 6.17. The van der Waals surface area contributed by atoms with Crippen LogP contribution in [-0.4, -0.2) is 37.1 Å². The third-order valence-corrected chi connectivity index (χ3v) is 5.94. The molecule has 1 heterocycles. The predicted octanol–water partition coefficient (Wildman–Crippen LogP) is 1.95. The maximum Gasteiger partial charge on any atom is 0.335 e. The summed E-state index contributed by atoms with van der Waals surface area (Å²) in [5.41, 5.74) is 0.528. The molecule has 1 saturated heterocycles. The van der Waals surface area contributed by atoms with Crippen molar-refractivity contribution in [2.75, 3.05) is 15.4 Å². The highest BCUT2D eigenvalue weighted by molar-refractivity contribution is 7.94. The quantitative estimate of drug-likeness (QED) is 0.826. The molecule has 0 bridgehead atoms. The fraction of sp³-hybridized carbons (Fsp3) is 0.167. The highest BCUT2D eigenvalue weighted by Crippen LogP contribution is 2.29. The van der Waals surface area contributed by atoms with E-state index in [1.165, 1.54) is 55.5 Å². The van der Waals surface area contributed by atoms with Crippen molar-refractivity contribution in [1.82, 2.24) is 0 Å². The average molecular weight is 388 g/mol. The Morgan fingerprint density at radius 3 is 2.41 bits per heavy atom. The Hall–Kier alpha value is -3.20. The molecule has 0 radical (unpaired) electrons. The first-order chi connectivity index (χ1) is 12.7. The summed E-state index contributed by atoms with van der Waals surface area (Å²) in [6.45, 7) is 1.53. The summed E-state index contributed by atoms with van der Waals surface area (Å²) >= 11 is 0. The largest absolute Gasteiger partial charge is 0.478 e. The molecule has 9 heteroatoms. The summed E-state index contributed by atoms with van der Waals surface area (Å²) in [5.74, 6) is -3.14. The maximum atomic E-state index is 12.5. The van der Waals surface area contributed by atoms with E-state index in [0.717, 1.165) is 4.31 Å². The highest BCUT2D eigenvalue weighted by atomic mass is 32.2. The van der Waals surface area contributed by atoms with Gasteiger partial charge < -0.3 is 10.4 Å². The summed E-state index contributed by atoms with van der Waals surface area (Å²) in [6.07, 6.45) is 0. The van der Waals surface area contributed by atoms with Crippen LogP contribution in [0.25, 0.3) is 0 Å². The summed E-state index contributed by atoms with van der Waals surface area (Å²) in [4.78, 5) is 35.7. The van der Waals surface area contributed by atoms with Crippen molar-refractivity contribution in [1.29, 1.82) is 0 Å². The number of carbonyl (C=O) groups excluding carboxylic acids is 2. The van der Waals surface area contributed by atoms with E-state index in [1.807, 2.05) is 0 Å². The van der Waals surface area contributed by atoms with Crippen LogP contribution in [0.3, 0.4) is 0 Å². The normalized spacial score (nSPS) is 18.3. The highest BCUT2D eigenvalue weighted by Gasteiger charge is 2.42. The molecule has 27 heavy (non-hydrogen) atoms. The number of carboxylic acids is 1. The molecule has 0 aliphatic carbocycles. The first-order valence-electron chi connectivity index (χ1n) is 8.00. The Kier molecular flexibility index (Phi) is 4.71. The fourth-order valence-corrected chi connectivity index (χ4v) is 4.61. The molecule has 0 spiro atoms. The van der Waals surface area contributed by atoms with Gasteiger partial charge in [0.1, 0.15) is 0 Å². The zero-order valence-electron chi connectivity index (χ0n) is 14.2. The minimum Gasteiger partial charge on any atom is -0.478 e. The lowest BCUT2D eigenvalue weighted by molar-refractivity contribution is -0.119. The smallest absolute Gasteiger partial charge is 0.335 e. The molecule has 2 aromatic rings. The molecule has 1 aliphatic rings. The number of rotatable bonds is 4. The first-order valence-corrected chi connectivity index (χ1v) is 9.61. The molecule has 1 aliphatic heterocycles. The third-order valence-electron chi connectivity index (χ3n) is 4.07. The lowest BCUT2D eigenvalue weighted by atomic mass is 10.1. The van der Waals surface area contributed by atoms with Gasteiger partial charge in [0.2, 0.25) is 15.9 Å².